The highest BCUT2D eigenvalue weighted by molar-refractivity contribution is 6.04. The second kappa shape index (κ2) is 9.78. The molecule has 2 aromatic carbocycles. The van der Waals surface area contributed by atoms with Crippen molar-refractivity contribution < 1.29 is 19.1 Å². The van der Waals surface area contributed by atoms with E-state index in [4.69, 9.17) is 11.2 Å². The standard InChI is InChI=1S/C21H20N2O4/c1-3-13-22-21(26)17-7-5-6-8-18(17)23-20(25)14-27-16-11-9-15(10-12-16)19(24)4-2/h1,5-12H,4,13-14H2,2H3,(H,22,26)(H,23,25). The van der Waals surface area contributed by atoms with E-state index in [-0.39, 0.29) is 24.8 Å². The van der Waals surface area contributed by atoms with Crippen LogP contribution in [-0.2, 0) is 4.79 Å². The summed E-state index contributed by atoms with van der Waals surface area (Å²) in [6, 6.07) is 13.2. The van der Waals surface area contributed by atoms with Gasteiger partial charge < -0.3 is 15.4 Å². The summed E-state index contributed by atoms with van der Waals surface area (Å²) in [6.07, 6.45) is 5.56. The predicted octanol–water partition coefficient (Wildman–Crippen LogP) is 2.66. The van der Waals surface area contributed by atoms with Crippen LogP contribution in [0.4, 0.5) is 5.69 Å². The number of hydrogen-bond donors (Lipinski definition) is 2. The van der Waals surface area contributed by atoms with E-state index in [9.17, 15) is 14.4 Å². The lowest BCUT2D eigenvalue weighted by atomic mass is 10.1. The van der Waals surface area contributed by atoms with Gasteiger partial charge in [0.15, 0.2) is 12.4 Å². The molecule has 0 unspecified atom stereocenters. The van der Waals surface area contributed by atoms with Gasteiger partial charge in [-0.25, -0.2) is 0 Å². The zero-order chi connectivity index (χ0) is 19.6. The minimum absolute atomic E-state index is 0.0408. The first kappa shape index (κ1) is 19.7. The molecule has 2 N–H and O–H groups in total. The highest BCUT2D eigenvalue weighted by Gasteiger charge is 2.13. The van der Waals surface area contributed by atoms with Crippen LogP contribution in [0.1, 0.15) is 34.1 Å². The van der Waals surface area contributed by atoms with Gasteiger partial charge in [0, 0.05) is 12.0 Å². The molecule has 0 aliphatic rings. The molecule has 138 valence electrons. The lowest BCUT2D eigenvalue weighted by molar-refractivity contribution is -0.118. The van der Waals surface area contributed by atoms with Crippen molar-refractivity contribution in [3.63, 3.8) is 0 Å². The number of terminal acetylenes is 1. The molecular formula is C21H20N2O4. The minimum Gasteiger partial charge on any atom is -0.484 e. The Hall–Kier alpha value is -3.59. The number of benzene rings is 2. The zero-order valence-electron chi connectivity index (χ0n) is 15.0. The molecule has 0 saturated heterocycles. The lowest BCUT2D eigenvalue weighted by Crippen LogP contribution is -2.26. The Morgan fingerprint density at radius 3 is 2.44 bits per heavy atom. The van der Waals surface area contributed by atoms with Crippen molar-refractivity contribution in [1.29, 1.82) is 0 Å². The topological polar surface area (TPSA) is 84.5 Å². The van der Waals surface area contributed by atoms with Crippen LogP contribution in [0.15, 0.2) is 48.5 Å². The lowest BCUT2D eigenvalue weighted by Gasteiger charge is -2.11. The van der Waals surface area contributed by atoms with Gasteiger partial charge in [-0.2, -0.15) is 0 Å². The molecular weight excluding hydrogens is 344 g/mol. The fourth-order valence-electron chi connectivity index (χ4n) is 2.29. The Morgan fingerprint density at radius 2 is 1.78 bits per heavy atom. The molecule has 0 radical (unpaired) electrons. The molecule has 2 rings (SSSR count). The number of ether oxygens (including phenoxy) is 1. The van der Waals surface area contributed by atoms with Crippen LogP contribution in [0.3, 0.4) is 0 Å². The number of carbonyl (C=O) groups excluding carboxylic acids is 3. The number of amides is 2. The van der Waals surface area contributed by atoms with Crippen molar-refractivity contribution in [1.82, 2.24) is 5.32 Å². The van der Waals surface area contributed by atoms with E-state index in [0.717, 1.165) is 0 Å². The third-order valence-electron chi connectivity index (χ3n) is 3.66. The molecule has 0 saturated carbocycles. The van der Waals surface area contributed by atoms with Crippen LogP contribution < -0.4 is 15.4 Å². The van der Waals surface area contributed by atoms with E-state index >= 15 is 0 Å². The average Bonchev–Trinajstić information content (AvgIpc) is 2.70. The van der Waals surface area contributed by atoms with Gasteiger partial charge in [-0.3, -0.25) is 14.4 Å². The summed E-state index contributed by atoms with van der Waals surface area (Å²) < 4.78 is 5.42. The summed E-state index contributed by atoms with van der Waals surface area (Å²) in [4.78, 5) is 35.8. The highest BCUT2D eigenvalue weighted by Crippen LogP contribution is 2.16. The summed E-state index contributed by atoms with van der Waals surface area (Å²) >= 11 is 0. The molecule has 2 aromatic rings. The molecule has 0 atom stereocenters. The zero-order valence-corrected chi connectivity index (χ0v) is 15.0. The van der Waals surface area contributed by atoms with Crippen molar-refractivity contribution in [3.8, 4) is 18.1 Å². The molecule has 2 amide bonds. The largest absolute Gasteiger partial charge is 0.484 e. The molecule has 0 fully saturated rings. The summed E-state index contributed by atoms with van der Waals surface area (Å²) in [6.45, 7) is 1.66. The number of carbonyl (C=O) groups is 3. The SMILES string of the molecule is C#CCNC(=O)c1ccccc1NC(=O)COc1ccc(C(=O)CC)cc1. The van der Waals surface area contributed by atoms with Crippen molar-refractivity contribution in [2.24, 2.45) is 0 Å². The first-order valence-corrected chi connectivity index (χ1v) is 8.41. The van der Waals surface area contributed by atoms with Crippen molar-refractivity contribution in [2.75, 3.05) is 18.5 Å². The Labute approximate surface area is 157 Å². The highest BCUT2D eigenvalue weighted by atomic mass is 16.5. The van der Waals surface area contributed by atoms with Crippen molar-refractivity contribution >= 4 is 23.3 Å². The Kier molecular flexibility index (Phi) is 7.15. The molecule has 6 heteroatoms. The van der Waals surface area contributed by atoms with Crippen molar-refractivity contribution in [3.05, 3.63) is 59.7 Å². The normalized spacial score (nSPS) is 9.78. The second-order valence-electron chi connectivity index (χ2n) is 5.57. The van der Waals surface area contributed by atoms with Crippen LogP contribution in [0, 0.1) is 12.3 Å². The summed E-state index contributed by atoms with van der Waals surface area (Å²) in [5.74, 6) is 2.04. The number of hydrogen-bond acceptors (Lipinski definition) is 4. The number of nitrogens with one attached hydrogen (secondary N) is 2. The monoisotopic (exact) mass is 364 g/mol. The second-order valence-corrected chi connectivity index (χ2v) is 5.57. The smallest absolute Gasteiger partial charge is 0.262 e. The first-order valence-electron chi connectivity index (χ1n) is 8.41. The summed E-state index contributed by atoms with van der Waals surface area (Å²) in [5.41, 5.74) is 1.27. The Morgan fingerprint density at radius 1 is 1.07 bits per heavy atom. The van der Waals surface area contributed by atoms with E-state index in [0.29, 0.717) is 29.0 Å². The summed E-state index contributed by atoms with van der Waals surface area (Å²) in [5, 5.41) is 5.20. The first-order chi connectivity index (χ1) is 13.0. The molecule has 0 aromatic heterocycles. The van der Waals surface area contributed by atoms with Crippen LogP contribution in [0.2, 0.25) is 0 Å². The van der Waals surface area contributed by atoms with E-state index in [1.807, 2.05) is 0 Å². The third-order valence-corrected chi connectivity index (χ3v) is 3.66. The minimum atomic E-state index is -0.416. The quantitative estimate of drug-likeness (QED) is 0.557. The maximum Gasteiger partial charge on any atom is 0.262 e. The van der Waals surface area contributed by atoms with E-state index in [1.54, 1.807) is 55.5 Å². The predicted molar refractivity (Wildman–Crippen MR) is 103 cm³/mol. The van der Waals surface area contributed by atoms with Gasteiger partial charge in [-0.1, -0.05) is 25.0 Å². The van der Waals surface area contributed by atoms with Crippen LogP contribution in [0.25, 0.3) is 0 Å². The van der Waals surface area contributed by atoms with Gasteiger partial charge in [-0.15, -0.1) is 6.42 Å². The number of Topliss-reactive ketones (excluding diaryl/α,β-unsaturated/α-hetero) is 1. The maximum absolute atomic E-state index is 12.1. The van der Waals surface area contributed by atoms with E-state index in [1.165, 1.54) is 0 Å². The van der Waals surface area contributed by atoms with Crippen LogP contribution in [-0.4, -0.2) is 30.7 Å². The average molecular weight is 364 g/mol. The third kappa shape index (κ3) is 5.72. The van der Waals surface area contributed by atoms with Gasteiger partial charge in [0.05, 0.1) is 17.8 Å². The van der Waals surface area contributed by atoms with E-state index < -0.39 is 5.91 Å². The fraction of sp³-hybridized carbons (Fsp3) is 0.190. The van der Waals surface area contributed by atoms with Gasteiger partial charge in [0.2, 0.25) is 0 Å². The van der Waals surface area contributed by atoms with Gasteiger partial charge in [0.25, 0.3) is 11.8 Å². The van der Waals surface area contributed by atoms with Crippen molar-refractivity contribution in [2.45, 2.75) is 13.3 Å². The van der Waals surface area contributed by atoms with Gasteiger partial charge >= 0.3 is 0 Å². The van der Waals surface area contributed by atoms with Gasteiger partial charge in [0.1, 0.15) is 5.75 Å². The summed E-state index contributed by atoms with van der Waals surface area (Å²) in [7, 11) is 0. The number of para-hydroxylation sites is 1. The van der Waals surface area contributed by atoms with Crippen LogP contribution in [0.5, 0.6) is 5.75 Å². The molecule has 0 heterocycles. The number of anilines is 1. The molecule has 27 heavy (non-hydrogen) atoms. The molecule has 6 nitrogen and oxygen atoms in total. The fourth-order valence-corrected chi connectivity index (χ4v) is 2.29. The molecule has 0 aliphatic heterocycles. The number of ketones is 1. The van der Waals surface area contributed by atoms with Crippen LogP contribution >= 0.6 is 0 Å². The van der Waals surface area contributed by atoms with E-state index in [2.05, 4.69) is 16.6 Å². The Bertz CT molecular complexity index is 866. The van der Waals surface area contributed by atoms with Gasteiger partial charge in [-0.05, 0) is 36.4 Å². The molecule has 0 spiro atoms. The molecule has 0 bridgehead atoms. The molecule has 0 aliphatic carbocycles. The Balaban J connectivity index is 1.95. The maximum atomic E-state index is 12.1. The number of rotatable bonds is 8.